The van der Waals surface area contributed by atoms with Gasteiger partial charge in [0.25, 0.3) is 0 Å². The van der Waals surface area contributed by atoms with Gasteiger partial charge in [0.2, 0.25) is 0 Å². The Morgan fingerprint density at radius 2 is 1.91 bits per heavy atom. The highest BCUT2D eigenvalue weighted by atomic mass is 32.2. The molecule has 1 aromatic heterocycles. The van der Waals surface area contributed by atoms with E-state index in [0.29, 0.717) is 18.5 Å². The van der Waals surface area contributed by atoms with Crippen molar-refractivity contribution in [2.24, 2.45) is 5.92 Å². The molecule has 33 heavy (non-hydrogen) atoms. The molecule has 1 atom stereocenters. The molecule has 1 aliphatic heterocycles. The molecule has 1 unspecified atom stereocenters. The van der Waals surface area contributed by atoms with Gasteiger partial charge in [-0.25, -0.2) is 4.79 Å². The number of anilines is 1. The van der Waals surface area contributed by atoms with Gasteiger partial charge in [0.1, 0.15) is 16.3 Å². The van der Waals surface area contributed by atoms with Crippen LogP contribution in [0.15, 0.2) is 38.5 Å². The van der Waals surface area contributed by atoms with E-state index in [-0.39, 0.29) is 35.0 Å². The van der Waals surface area contributed by atoms with Crippen molar-refractivity contribution in [3.05, 3.63) is 55.8 Å². The first-order valence-corrected chi connectivity index (χ1v) is 13.0. The number of hydrogen-bond acceptors (Lipinski definition) is 7. The molecule has 0 amide bonds. The first-order chi connectivity index (χ1) is 15.4. The van der Waals surface area contributed by atoms with Gasteiger partial charge in [0.05, 0.1) is 6.61 Å². The van der Waals surface area contributed by atoms with Crippen LogP contribution in [0.2, 0.25) is 0 Å². The van der Waals surface area contributed by atoms with Crippen LogP contribution < -0.4 is 5.73 Å². The molecular weight excluding hydrogens is 454 g/mol. The summed E-state index contributed by atoms with van der Waals surface area (Å²) in [6.07, 6.45) is 1.53. The summed E-state index contributed by atoms with van der Waals surface area (Å²) in [5.41, 5.74) is 9.84. The first-order valence-electron chi connectivity index (χ1n) is 11.3. The summed E-state index contributed by atoms with van der Waals surface area (Å²) in [6, 6.07) is 3.94. The number of hydrogen-bond donors (Lipinski definition) is 3. The standard InChI is InChI=1S/C26H35NO4S2/c1-15(2)26(8-7-17-13-32-14-18(17)12-28)11-21(29)23(24(30)31-26)33-22-9-16(3)20(27)10-19(22)25(4,5)6/h9-10,13-15,28-29H,7-8,11-12,27H2,1-6H3. The normalized spacial score (nSPS) is 19.3. The Morgan fingerprint density at radius 1 is 1.24 bits per heavy atom. The summed E-state index contributed by atoms with van der Waals surface area (Å²) < 4.78 is 6.08. The van der Waals surface area contributed by atoms with Crippen LogP contribution in [-0.4, -0.2) is 21.8 Å². The van der Waals surface area contributed by atoms with Crippen LogP contribution in [0.5, 0.6) is 0 Å². The molecule has 1 aliphatic rings. The summed E-state index contributed by atoms with van der Waals surface area (Å²) in [7, 11) is 0. The van der Waals surface area contributed by atoms with Gasteiger partial charge in [-0.2, -0.15) is 11.3 Å². The zero-order chi connectivity index (χ0) is 24.6. The number of cyclic esters (lactones) is 1. The molecule has 2 heterocycles. The molecule has 1 aromatic carbocycles. The van der Waals surface area contributed by atoms with Crippen molar-refractivity contribution in [2.45, 2.75) is 83.3 Å². The van der Waals surface area contributed by atoms with Gasteiger partial charge in [-0.05, 0) is 76.2 Å². The summed E-state index contributed by atoms with van der Waals surface area (Å²) in [5.74, 6) is -0.387. The number of thioether (sulfide) groups is 1. The number of nitrogen functional groups attached to an aromatic ring is 1. The molecule has 180 valence electrons. The maximum absolute atomic E-state index is 13.2. The Hall–Kier alpha value is -1.96. The molecule has 7 heteroatoms. The van der Waals surface area contributed by atoms with Crippen molar-refractivity contribution in [1.82, 2.24) is 0 Å². The smallest absolute Gasteiger partial charge is 0.349 e. The summed E-state index contributed by atoms with van der Waals surface area (Å²) >= 11 is 2.81. The van der Waals surface area contributed by atoms with Gasteiger partial charge in [-0.15, -0.1) is 0 Å². The van der Waals surface area contributed by atoms with E-state index in [9.17, 15) is 15.0 Å². The van der Waals surface area contributed by atoms with Gasteiger partial charge in [-0.1, -0.05) is 46.4 Å². The maximum Gasteiger partial charge on any atom is 0.349 e. The highest BCUT2D eigenvalue weighted by Gasteiger charge is 2.44. The number of aryl methyl sites for hydroxylation is 2. The predicted molar refractivity (Wildman–Crippen MR) is 137 cm³/mol. The van der Waals surface area contributed by atoms with Crippen molar-refractivity contribution < 1.29 is 19.7 Å². The lowest BCUT2D eigenvalue weighted by molar-refractivity contribution is -0.164. The Bertz CT molecular complexity index is 1060. The van der Waals surface area contributed by atoms with E-state index < -0.39 is 11.6 Å². The molecule has 0 saturated heterocycles. The number of thiophene rings is 1. The van der Waals surface area contributed by atoms with E-state index in [0.717, 1.165) is 27.1 Å². The van der Waals surface area contributed by atoms with Crippen molar-refractivity contribution in [3.8, 4) is 0 Å². The highest BCUT2D eigenvalue weighted by Crippen LogP contribution is 2.45. The van der Waals surface area contributed by atoms with E-state index in [2.05, 4.69) is 20.8 Å². The van der Waals surface area contributed by atoms with Crippen LogP contribution in [0.25, 0.3) is 0 Å². The Labute approximate surface area is 205 Å². The van der Waals surface area contributed by atoms with Crippen molar-refractivity contribution in [1.29, 1.82) is 0 Å². The number of nitrogens with two attached hydrogens (primary N) is 1. The fourth-order valence-corrected chi connectivity index (χ4v) is 6.27. The minimum atomic E-state index is -0.788. The SMILES string of the molecule is Cc1cc(SC2=C(O)CC(CCc3cscc3CO)(C(C)C)OC2=O)c(C(C)(C)C)cc1N. The third kappa shape index (κ3) is 5.42. The molecule has 0 bridgehead atoms. The number of ether oxygens (including phenoxy) is 1. The molecule has 0 aliphatic carbocycles. The number of rotatable bonds is 7. The number of carbonyl (C=O) groups is 1. The van der Waals surface area contributed by atoms with Crippen LogP contribution in [0, 0.1) is 12.8 Å². The third-order valence-corrected chi connectivity index (χ3v) is 8.48. The van der Waals surface area contributed by atoms with Gasteiger partial charge in [0, 0.05) is 17.0 Å². The lowest BCUT2D eigenvalue weighted by Crippen LogP contribution is -2.44. The van der Waals surface area contributed by atoms with Gasteiger partial charge in [-0.3, -0.25) is 0 Å². The fraction of sp³-hybridized carbons (Fsp3) is 0.500. The second-order valence-corrected chi connectivity index (χ2v) is 12.0. The number of esters is 1. The maximum atomic E-state index is 13.2. The Kier molecular flexibility index (Phi) is 7.56. The number of carbonyl (C=O) groups excluding carboxylic acids is 1. The van der Waals surface area contributed by atoms with E-state index in [1.807, 2.05) is 43.7 Å². The van der Waals surface area contributed by atoms with E-state index >= 15 is 0 Å². The molecule has 3 rings (SSSR count). The minimum Gasteiger partial charge on any atom is -0.511 e. The molecule has 5 nitrogen and oxygen atoms in total. The largest absolute Gasteiger partial charge is 0.511 e. The lowest BCUT2D eigenvalue weighted by atomic mass is 9.80. The molecule has 2 aromatic rings. The second-order valence-electron chi connectivity index (χ2n) is 10.2. The van der Waals surface area contributed by atoms with E-state index in [1.54, 1.807) is 11.3 Å². The predicted octanol–water partition coefficient (Wildman–Crippen LogP) is 6.26. The quantitative estimate of drug-likeness (QED) is 0.314. The van der Waals surface area contributed by atoms with E-state index in [1.165, 1.54) is 11.8 Å². The molecule has 0 radical (unpaired) electrons. The average Bonchev–Trinajstić information content (AvgIpc) is 3.18. The van der Waals surface area contributed by atoms with Crippen molar-refractivity contribution in [3.63, 3.8) is 0 Å². The molecule has 0 saturated carbocycles. The molecular formula is C26H35NO4S2. The average molecular weight is 490 g/mol. The molecule has 0 spiro atoms. The number of benzene rings is 1. The van der Waals surface area contributed by atoms with Crippen molar-refractivity contribution >= 4 is 34.8 Å². The van der Waals surface area contributed by atoms with Gasteiger partial charge in [0.15, 0.2) is 0 Å². The monoisotopic (exact) mass is 489 g/mol. The molecule has 4 N–H and O–H groups in total. The number of aliphatic hydroxyl groups excluding tert-OH is 2. The Balaban J connectivity index is 1.91. The summed E-state index contributed by atoms with van der Waals surface area (Å²) in [5, 5.41) is 24.6. The van der Waals surface area contributed by atoms with Crippen LogP contribution in [0.3, 0.4) is 0 Å². The molecule has 0 fully saturated rings. The van der Waals surface area contributed by atoms with Crippen LogP contribution >= 0.6 is 23.1 Å². The topological polar surface area (TPSA) is 92.8 Å². The summed E-state index contributed by atoms with van der Waals surface area (Å²) in [4.78, 5) is 14.3. The van der Waals surface area contributed by atoms with Crippen LogP contribution in [-0.2, 0) is 28.0 Å². The van der Waals surface area contributed by atoms with Crippen molar-refractivity contribution in [2.75, 3.05) is 5.73 Å². The fourth-order valence-electron chi connectivity index (χ4n) is 4.13. The Morgan fingerprint density at radius 3 is 2.48 bits per heavy atom. The lowest BCUT2D eigenvalue weighted by Gasteiger charge is -2.40. The number of aliphatic hydroxyl groups is 2. The van der Waals surface area contributed by atoms with Crippen LogP contribution in [0.4, 0.5) is 5.69 Å². The van der Waals surface area contributed by atoms with Gasteiger partial charge >= 0.3 is 5.97 Å². The third-order valence-electron chi connectivity index (χ3n) is 6.47. The second kappa shape index (κ2) is 9.72. The first kappa shape index (κ1) is 25.7. The zero-order valence-electron chi connectivity index (χ0n) is 20.3. The van der Waals surface area contributed by atoms with Gasteiger partial charge < -0.3 is 20.7 Å². The highest BCUT2D eigenvalue weighted by molar-refractivity contribution is 8.04. The zero-order valence-corrected chi connectivity index (χ0v) is 22.0. The van der Waals surface area contributed by atoms with E-state index in [4.69, 9.17) is 10.5 Å². The van der Waals surface area contributed by atoms with Crippen LogP contribution in [0.1, 0.15) is 69.7 Å². The minimum absolute atomic E-state index is 0.00361. The summed E-state index contributed by atoms with van der Waals surface area (Å²) in [6.45, 7) is 12.3.